The Morgan fingerprint density at radius 1 is 0.165 bits per heavy atom. The summed E-state index contributed by atoms with van der Waals surface area (Å²) in [5.41, 5.74) is 24.6. The summed E-state index contributed by atoms with van der Waals surface area (Å²) in [6.07, 6.45) is 14.4. The van der Waals surface area contributed by atoms with Gasteiger partial charge < -0.3 is 39.9 Å². The molecule has 8 nitrogen and oxygen atoms in total. The van der Waals surface area contributed by atoms with Crippen LogP contribution in [0.3, 0.4) is 0 Å². The molecule has 574 valence electrons. The van der Waals surface area contributed by atoms with Crippen molar-refractivity contribution in [1.82, 2.24) is 39.9 Å². The molecule has 0 spiro atoms. The summed E-state index contributed by atoms with van der Waals surface area (Å²) in [4.78, 5) is 34.1. The van der Waals surface area contributed by atoms with E-state index < -0.39 is 0 Å². The topological polar surface area (TPSA) is 103 Å². The molecule has 0 aliphatic carbocycles. The Labute approximate surface area is 731 Å². The first kappa shape index (κ1) is 90.2. The van der Waals surface area contributed by atoms with Gasteiger partial charge in [-0.15, -0.1) is 280 Å². The fourth-order valence-electron chi connectivity index (χ4n) is 10.8. The predicted molar refractivity (Wildman–Crippen MR) is 453 cm³/mol. The molecule has 0 aliphatic heterocycles. The molecule has 0 N–H and O–H groups in total. The molecule has 0 aliphatic rings. The largest absolute Gasteiger partial charge is 0.305 e. The van der Waals surface area contributed by atoms with Crippen LogP contribution >= 0.6 is 0 Å². The van der Waals surface area contributed by atoms with Crippen LogP contribution in [0.5, 0.6) is 0 Å². The third-order valence-corrected chi connectivity index (χ3v) is 16.4. The maximum absolute atomic E-state index is 4.35. The third kappa shape index (κ3) is 30.8. The number of benzene rings is 10. The van der Waals surface area contributed by atoms with E-state index in [-0.39, 0.29) is 80.4 Å². The van der Waals surface area contributed by atoms with E-state index in [4.69, 9.17) is 0 Å². The molecular formula is C103H78Ir4N8-8. The fourth-order valence-corrected chi connectivity index (χ4v) is 10.8. The van der Waals surface area contributed by atoms with Gasteiger partial charge in [-0.1, -0.05) is 182 Å². The van der Waals surface area contributed by atoms with Crippen LogP contribution in [-0.4, -0.2) is 39.9 Å². The van der Waals surface area contributed by atoms with Gasteiger partial charge in [0, 0.05) is 130 Å². The molecule has 0 atom stereocenters. The number of aryl methyl sites for hydroxylation is 3. The molecule has 0 unspecified atom stereocenters. The Morgan fingerprint density at radius 3 is 0.774 bits per heavy atom. The Balaban J connectivity index is 0.000000182. The monoisotopic (exact) mass is 2200 g/mol. The number of rotatable bonds is 10. The minimum absolute atomic E-state index is 0. The number of nitrogens with zero attached hydrogens (tertiary/aromatic N) is 8. The minimum atomic E-state index is 0. The van der Waals surface area contributed by atoms with Crippen molar-refractivity contribution in [1.29, 1.82) is 0 Å². The molecule has 8 aromatic heterocycles. The van der Waals surface area contributed by atoms with E-state index in [1.165, 1.54) is 38.9 Å². The molecule has 0 bridgehead atoms. The fraction of sp³-hybridized carbons (Fsp3) is 0.0291. The molecule has 0 saturated heterocycles. The molecule has 18 rings (SSSR count). The second-order valence-corrected chi connectivity index (χ2v) is 24.6. The van der Waals surface area contributed by atoms with Crippen LogP contribution in [0.4, 0.5) is 0 Å². The zero-order valence-electron chi connectivity index (χ0n) is 63.2. The van der Waals surface area contributed by atoms with Gasteiger partial charge in [0.15, 0.2) is 0 Å². The van der Waals surface area contributed by atoms with Crippen molar-refractivity contribution < 1.29 is 80.4 Å². The Morgan fingerprint density at radius 2 is 0.461 bits per heavy atom. The van der Waals surface area contributed by atoms with Gasteiger partial charge >= 0.3 is 0 Å². The quantitative estimate of drug-likeness (QED) is 0.125. The summed E-state index contributed by atoms with van der Waals surface area (Å²) in [7, 11) is 0. The SMILES string of the molecule is Cc1c[c-]c(-c2ccccn2)cc1.Cc1cc[c-]c(-c2cc(C)ccn2)c1.[Ir].[Ir].[Ir].[Ir].[c-]1cc(-c2ccccc2)ccc1-c1ccccn1.[c-]1ccc(-c2ccccc2)cc1-c1ccccn1.[c-]1ccccc1-c1ccccn1.[c-]1ccccc1-c1ccccn1.[c-]1ccccc1-c1ccccn1.[c-]1ccccc1-c1ccccn1. The number of hydrogen-bond acceptors (Lipinski definition) is 8. The first-order valence-corrected chi connectivity index (χ1v) is 36.2. The summed E-state index contributed by atoms with van der Waals surface area (Å²) < 4.78 is 0. The molecule has 0 saturated carbocycles. The van der Waals surface area contributed by atoms with Crippen molar-refractivity contribution in [3.63, 3.8) is 0 Å². The maximum Gasteiger partial charge on any atom is 0.0163 e. The van der Waals surface area contributed by atoms with Gasteiger partial charge in [0.05, 0.1) is 0 Å². The average molecular weight is 2200 g/mol. The molecule has 8 heterocycles. The van der Waals surface area contributed by atoms with E-state index in [0.717, 1.165) is 90.1 Å². The first-order valence-electron chi connectivity index (χ1n) is 36.2. The predicted octanol–water partition coefficient (Wildman–Crippen LogP) is 24.6. The second-order valence-electron chi connectivity index (χ2n) is 24.6. The van der Waals surface area contributed by atoms with Gasteiger partial charge in [-0.3, -0.25) is 0 Å². The van der Waals surface area contributed by atoms with Gasteiger partial charge in [0.2, 0.25) is 0 Å². The minimum Gasteiger partial charge on any atom is -0.305 e. The van der Waals surface area contributed by atoms with Crippen LogP contribution < -0.4 is 0 Å². The van der Waals surface area contributed by atoms with Gasteiger partial charge in [0.1, 0.15) is 0 Å². The molecule has 0 amide bonds. The van der Waals surface area contributed by atoms with Gasteiger partial charge in [-0.25, -0.2) is 0 Å². The van der Waals surface area contributed by atoms with Gasteiger partial charge in [-0.2, -0.15) is 0 Å². The standard InChI is InChI=1S/2C17H12N.C13H12N.C12H10N.4C11H8N.4Ir/c1-2-7-14(8-3-1)15-9-6-10-16(13-15)17-11-4-5-12-18-17;1-2-6-14(7-3-1)15-9-11-16(12-10-15)17-8-4-5-13-18-17;1-10-4-3-5-12(8-10)13-9-11(2)6-7-14-13;1-10-5-7-11(8-6-10)12-4-2-3-9-13-12;4*1-2-6-10(7-3-1)11-8-4-5-9-12-11;;;;/h1-9,11-13H;1-11,13H;3-4,6-9H,1-2H3;2-7,9H,1H3;4*1-6,8-9H;;;;/q8*-1;;;;. The molecule has 18 aromatic rings. The maximum atomic E-state index is 4.35. The third-order valence-electron chi connectivity index (χ3n) is 16.4. The molecule has 4 radical (unpaired) electrons. The van der Waals surface area contributed by atoms with E-state index in [9.17, 15) is 0 Å². The summed E-state index contributed by atoms with van der Waals surface area (Å²) >= 11 is 0. The zero-order chi connectivity index (χ0) is 76.4. The summed E-state index contributed by atoms with van der Waals surface area (Å²) in [5.74, 6) is 0. The molecule has 12 heteroatoms. The second kappa shape index (κ2) is 51.6. The number of hydrogen-bond donors (Lipinski definition) is 0. The summed E-state index contributed by atoms with van der Waals surface area (Å²) in [6, 6.07) is 147. The normalized spacial score (nSPS) is 9.59. The van der Waals surface area contributed by atoms with Gasteiger partial charge in [0.25, 0.3) is 0 Å². The molecule has 10 aromatic carbocycles. The Bertz CT molecular complexity index is 4940. The summed E-state index contributed by atoms with van der Waals surface area (Å²) in [6.45, 7) is 6.20. The van der Waals surface area contributed by atoms with Crippen molar-refractivity contribution in [2.24, 2.45) is 0 Å². The van der Waals surface area contributed by atoms with Crippen molar-refractivity contribution >= 4 is 0 Å². The van der Waals surface area contributed by atoms with Crippen molar-refractivity contribution in [3.8, 4) is 112 Å². The van der Waals surface area contributed by atoms with Crippen LogP contribution in [0.25, 0.3) is 112 Å². The van der Waals surface area contributed by atoms with Crippen LogP contribution in [0, 0.1) is 69.3 Å². The van der Waals surface area contributed by atoms with E-state index in [1.54, 1.807) is 43.4 Å². The molecular weight excluding hydrogens is 2120 g/mol. The zero-order valence-corrected chi connectivity index (χ0v) is 72.8. The van der Waals surface area contributed by atoms with Crippen molar-refractivity contribution in [2.45, 2.75) is 20.8 Å². The molecule has 0 fully saturated rings. The van der Waals surface area contributed by atoms with E-state index in [1.807, 2.05) is 310 Å². The van der Waals surface area contributed by atoms with E-state index >= 15 is 0 Å². The summed E-state index contributed by atoms with van der Waals surface area (Å²) in [5, 5.41) is 0. The van der Waals surface area contributed by atoms with Gasteiger partial charge in [-0.05, 0) is 107 Å². The van der Waals surface area contributed by atoms with Crippen molar-refractivity contribution in [2.75, 3.05) is 0 Å². The first-order chi connectivity index (χ1) is 54.8. The molecule has 115 heavy (non-hydrogen) atoms. The number of aromatic nitrogens is 8. The van der Waals surface area contributed by atoms with Crippen LogP contribution in [-0.2, 0) is 80.4 Å². The van der Waals surface area contributed by atoms with Crippen LogP contribution in [0.15, 0.2) is 420 Å². The number of pyridine rings is 8. The van der Waals surface area contributed by atoms with Crippen LogP contribution in [0.1, 0.15) is 16.7 Å². The van der Waals surface area contributed by atoms with E-state index in [2.05, 4.69) is 176 Å². The Kier molecular flexibility index (Phi) is 40.5. The smallest absolute Gasteiger partial charge is 0.0163 e. The van der Waals surface area contributed by atoms with Crippen LogP contribution in [0.2, 0.25) is 0 Å². The average Bonchev–Trinajstić information content (AvgIpc) is 0.840. The Hall–Kier alpha value is -12.0. The van der Waals surface area contributed by atoms with E-state index in [0.29, 0.717) is 0 Å². The van der Waals surface area contributed by atoms with Crippen molar-refractivity contribution in [3.05, 3.63) is 485 Å².